The minimum Gasteiger partial charge on any atom is -0.481 e. The third-order valence-corrected chi connectivity index (χ3v) is 3.78. The van der Waals surface area contributed by atoms with E-state index in [4.69, 9.17) is 5.11 Å². The van der Waals surface area contributed by atoms with Gasteiger partial charge in [0.1, 0.15) is 0 Å². The van der Waals surface area contributed by atoms with Crippen LogP contribution in [0.5, 0.6) is 0 Å². The van der Waals surface area contributed by atoms with Gasteiger partial charge in [-0.3, -0.25) is 4.79 Å². The second-order valence-corrected chi connectivity index (χ2v) is 5.26. The monoisotopic (exact) mass is 276 g/mol. The van der Waals surface area contributed by atoms with Crippen molar-refractivity contribution >= 4 is 17.7 Å². The summed E-state index contributed by atoms with van der Waals surface area (Å²) in [6.45, 7) is 0.602. The molecule has 1 fully saturated rings. The predicted octanol–water partition coefficient (Wildman–Crippen LogP) is 2.70. The Morgan fingerprint density at radius 1 is 1.10 bits per heavy atom. The summed E-state index contributed by atoms with van der Waals surface area (Å²) in [7, 11) is 0. The van der Waals surface area contributed by atoms with Crippen molar-refractivity contribution in [3.05, 3.63) is 30.3 Å². The molecule has 0 bridgehead atoms. The lowest BCUT2D eigenvalue weighted by molar-refractivity contribution is -0.143. The number of carbonyl (C=O) groups excluding carboxylic acids is 1. The molecule has 0 unspecified atom stereocenters. The van der Waals surface area contributed by atoms with E-state index in [1.165, 1.54) is 0 Å². The second-order valence-electron chi connectivity index (χ2n) is 5.26. The molecule has 1 aromatic carbocycles. The van der Waals surface area contributed by atoms with Gasteiger partial charge in [0.25, 0.3) is 0 Å². The van der Waals surface area contributed by atoms with E-state index in [1.54, 1.807) is 0 Å². The molecule has 108 valence electrons. The van der Waals surface area contributed by atoms with Gasteiger partial charge in [-0.25, -0.2) is 4.79 Å². The Bertz CT molecular complexity index is 453. The summed E-state index contributed by atoms with van der Waals surface area (Å²) in [5.74, 6) is -0.519. The molecule has 0 aromatic heterocycles. The molecular weight excluding hydrogens is 256 g/mol. The zero-order chi connectivity index (χ0) is 14.4. The van der Waals surface area contributed by atoms with Crippen LogP contribution in [-0.2, 0) is 4.79 Å². The van der Waals surface area contributed by atoms with E-state index in [1.807, 2.05) is 30.3 Å². The fourth-order valence-electron chi connectivity index (χ4n) is 2.55. The lowest BCUT2D eigenvalue weighted by atomic mass is 9.82. The van der Waals surface area contributed by atoms with E-state index >= 15 is 0 Å². The molecule has 5 heteroatoms. The molecule has 20 heavy (non-hydrogen) atoms. The molecule has 3 N–H and O–H groups in total. The van der Waals surface area contributed by atoms with Gasteiger partial charge in [-0.05, 0) is 43.7 Å². The Morgan fingerprint density at radius 2 is 1.75 bits per heavy atom. The Kier molecular flexibility index (Phi) is 4.98. The number of hydrogen-bond acceptors (Lipinski definition) is 2. The number of para-hydroxylation sites is 1. The van der Waals surface area contributed by atoms with E-state index in [0.717, 1.165) is 18.5 Å². The molecule has 0 spiro atoms. The highest BCUT2D eigenvalue weighted by Gasteiger charge is 2.25. The fraction of sp³-hybridized carbons (Fsp3) is 0.467. The summed E-state index contributed by atoms with van der Waals surface area (Å²) in [5, 5.41) is 14.5. The molecule has 1 aromatic rings. The van der Waals surface area contributed by atoms with Crippen molar-refractivity contribution in [2.24, 2.45) is 11.8 Å². The summed E-state index contributed by atoms with van der Waals surface area (Å²) >= 11 is 0. The summed E-state index contributed by atoms with van der Waals surface area (Å²) in [6.07, 6.45) is 3.15. The van der Waals surface area contributed by atoms with E-state index in [0.29, 0.717) is 25.3 Å². The molecule has 1 saturated carbocycles. The molecule has 2 amide bonds. The van der Waals surface area contributed by atoms with Crippen LogP contribution in [0.2, 0.25) is 0 Å². The van der Waals surface area contributed by atoms with Gasteiger partial charge in [0, 0.05) is 12.2 Å². The number of carboxylic acid groups (broad SMARTS) is 1. The summed E-state index contributed by atoms with van der Waals surface area (Å²) < 4.78 is 0. The average molecular weight is 276 g/mol. The Hall–Kier alpha value is -2.04. The summed E-state index contributed by atoms with van der Waals surface area (Å²) in [5.41, 5.74) is 0.764. The molecule has 1 aliphatic rings. The highest BCUT2D eigenvalue weighted by Crippen LogP contribution is 2.28. The van der Waals surface area contributed by atoms with Crippen molar-refractivity contribution in [3.63, 3.8) is 0 Å². The number of carbonyl (C=O) groups is 2. The highest BCUT2D eigenvalue weighted by molar-refractivity contribution is 5.89. The van der Waals surface area contributed by atoms with E-state index < -0.39 is 5.97 Å². The second kappa shape index (κ2) is 6.93. The lowest BCUT2D eigenvalue weighted by Crippen LogP contribution is -2.35. The Labute approximate surface area is 118 Å². The summed E-state index contributed by atoms with van der Waals surface area (Å²) in [6, 6.07) is 9.07. The number of carboxylic acids is 1. The van der Waals surface area contributed by atoms with E-state index in [2.05, 4.69) is 10.6 Å². The first kappa shape index (κ1) is 14.4. The normalized spacial score (nSPS) is 22.0. The first-order valence-corrected chi connectivity index (χ1v) is 6.98. The van der Waals surface area contributed by atoms with Crippen LogP contribution in [0.25, 0.3) is 0 Å². The highest BCUT2D eigenvalue weighted by atomic mass is 16.4. The Morgan fingerprint density at radius 3 is 2.35 bits per heavy atom. The van der Waals surface area contributed by atoms with Crippen LogP contribution in [0.3, 0.4) is 0 Å². The number of benzene rings is 1. The third kappa shape index (κ3) is 4.26. The van der Waals surface area contributed by atoms with Crippen LogP contribution < -0.4 is 10.6 Å². The molecule has 0 radical (unpaired) electrons. The molecular formula is C15H20N2O3. The standard InChI is InChI=1S/C15H20N2O3/c18-14(19)12-8-6-11(7-9-12)10-16-15(20)17-13-4-2-1-3-5-13/h1-5,11-12H,6-10H2,(H,18,19)(H2,16,17,20)/t11-,12-. The van der Waals surface area contributed by atoms with Crippen molar-refractivity contribution in [2.75, 3.05) is 11.9 Å². The zero-order valence-electron chi connectivity index (χ0n) is 11.3. The molecule has 0 saturated heterocycles. The van der Waals surface area contributed by atoms with Crippen LogP contribution >= 0.6 is 0 Å². The number of hydrogen-bond donors (Lipinski definition) is 3. The van der Waals surface area contributed by atoms with Gasteiger partial charge in [-0.2, -0.15) is 0 Å². The van der Waals surface area contributed by atoms with Gasteiger partial charge in [-0.15, -0.1) is 0 Å². The van der Waals surface area contributed by atoms with Crippen molar-refractivity contribution in [2.45, 2.75) is 25.7 Å². The van der Waals surface area contributed by atoms with Crippen molar-refractivity contribution in [1.29, 1.82) is 0 Å². The number of nitrogens with one attached hydrogen (secondary N) is 2. The van der Waals surface area contributed by atoms with E-state index in [9.17, 15) is 9.59 Å². The zero-order valence-corrected chi connectivity index (χ0v) is 11.3. The average Bonchev–Trinajstić information content (AvgIpc) is 2.46. The maximum Gasteiger partial charge on any atom is 0.319 e. The minimum absolute atomic E-state index is 0.204. The summed E-state index contributed by atoms with van der Waals surface area (Å²) in [4.78, 5) is 22.6. The fourth-order valence-corrected chi connectivity index (χ4v) is 2.55. The van der Waals surface area contributed by atoms with Crippen LogP contribution in [0, 0.1) is 11.8 Å². The SMILES string of the molecule is O=C(NC[C@H]1CC[C@H](C(=O)O)CC1)Nc1ccccc1. The van der Waals surface area contributed by atoms with Gasteiger partial charge < -0.3 is 15.7 Å². The Balaban J connectivity index is 1.68. The topological polar surface area (TPSA) is 78.4 Å². The quantitative estimate of drug-likeness (QED) is 0.791. The number of anilines is 1. The van der Waals surface area contributed by atoms with Crippen LogP contribution in [-0.4, -0.2) is 23.7 Å². The van der Waals surface area contributed by atoms with E-state index in [-0.39, 0.29) is 11.9 Å². The smallest absolute Gasteiger partial charge is 0.319 e. The first-order chi connectivity index (χ1) is 9.65. The van der Waals surface area contributed by atoms with Crippen molar-refractivity contribution in [1.82, 2.24) is 5.32 Å². The van der Waals surface area contributed by atoms with Crippen molar-refractivity contribution in [3.8, 4) is 0 Å². The van der Waals surface area contributed by atoms with Gasteiger partial charge in [-0.1, -0.05) is 18.2 Å². The minimum atomic E-state index is -0.696. The predicted molar refractivity (Wildman–Crippen MR) is 76.5 cm³/mol. The lowest BCUT2D eigenvalue weighted by Gasteiger charge is -2.26. The number of urea groups is 1. The number of amides is 2. The van der Waals surface area contributed by atoms with Gasteiger partial charge in [0.2, 0.25) is 0 Å². The number of aliphatic carboxylic acids is 1. The number of rotatable bonds is 4. The molecule has 1 aliphatic carbocycles. The molecule has 0 aliphatic heterocycles. The van der Waals surface area contributed by atoms with Crippen molar-refractivity contribution < 1.29 is 14.7 Å². The molecule has 0 atom stereocenters. The van der Waals surface area contributed by atoms with Gasteiger partial charge in [0.15, 0.2) is 0 Å². The van der Waals surface area contributed by atoms with Gasteiger partial charge in [0.05, 0.1) is 5.92 Å². The molecule has 2 rings (SSSR count). The first-order valence-electron chi connectivity index (χ1n) is 6.98. The maximum absolute atomic E-state index is 11.7. The van der Waals surface area contributed by atoms with Crippen LogP contribution in [0.1, 0.15) is 25.7 Å². The third-order valence-electron chi connectivity index (χ3n) is 3.78. The maximum atomic E-state index is 11.7. The van der Waals surface area contributed by atoms with Crippen LogP contribution in [0.15, 0.2) is 30.3 Å². The van der Waals surface area contributed by atoms with Gasteiger partial charge >= 0.3 is 12.0 Å². The largest absolute Gasteiger partial charge is 0.481 e. The van der Waals surface area contributed by atoms with Crippen LogP contribution in [0.4, 0.5) is 10.5 Å². The molecule has 5 nitrogen and oxygen atoms in total. The molecule has 0 heterocycles.